The Hall–Kier alpha value is -3.49. The summed E-state index contributed by atoms with van der Waals surface area (Å²) in [5, 5.41) is 3.86. The molecule has 0 aliphatic heterocycles. The summed E-state index contributed by atoms with van der Waals surface area (Å²) >= 11 is 5.61. The molecule has 0 aromatic heterocycles. The van der Waals surface area contributed by atoms with Gasteiger partial charge in [-0.3, -0.25) is 4.55 Å². The molecule has 3 rings (SSSR count). The van der Waals surface area contributed by atoms with E-state index in [0.717, 1.165) is 30.3 Å². The number of ether oxygens (including phenoxy) is 1. The van der Waals surface area contributed by atoms with Crippen molar-refractivity contribution in [2.75, 3.05) is 10.6 Å². The molecule has 0 saturated carbocycles. The summed E-state index contributed by atoms with van der Waals surface area (Å²) in [5.41, 5.74) is -3.30. The monoisotopic (exact) mass is 624 g/mol. The Morgan fingerprint density at radius 2 is 1.51 bits per heavy atom. The van der Waals surface area contributed by atoms with Crippen molar-refractivity contribution in [1.29, 1.82) is 0 Å². The molecule has 3 N–H and O–H groups in total. The lowest BCUT2D eigenvalue weighted by Gasteiger charge is -2.26. The van der Waals surface area contributed by atoms with Crippen LogP contribution in [0.5, 0.6) is 11.5 Å². The molecule has 222 valence electrons. The van der Waals surface area contributed by atoms with Gasteiger partial charge in [-0.1, -0.05) is 32.4 Å². The van der Waals surface area contributed by atoms with Crippen LogP contribution in [0.15, 0.2) is 59.5 Å². The summed E-state index contributed by atoms with van der Waals surface area (Å²) in [6.45, 7) is 5.27. The summed E-state index contributed by atoms with van der Waals surface area (Å²) in [6.07, 6.45) is -9.02. The van der Waals surface area contributed by atoms with Crippen molar-refractivity contribution in [3.05, 3.63) is 76.3 Å². The minimum atomic E-state index is -5.04. The van der Waals surface area contributed by atoms with Gasteiger partial charge in [-0.15, -0.1) is 0 Å². The Morgan fingerprint density at radius 1 is 0.902 bits per heavy atom. The molecule has 0 aliphatic carbocycles. The summed E-state index contributed by atoms with van der Waals surface area (Å²) in [7, 11) is -5.04. The van der Waals surface area contributed by atoms with E-state index in [2.05, 4.69) is 10.6 Å². The van der Waals surface area contributed by atoms with Crippen LogP contribution in [0.25, 0.3) is 0 Å². The maximum Gasteiger partial charge on any atom is 0.417 e. The summed E-state index contributed by atoms with van der Waals surface area (Å²) in [6, 6.07) is 7.03. The molecule has 3 aromatic rings. The van der Waals surface area contributed by atoms with Crippen molar-refractivity contribution in [2.24, 2.45) is 0 Å². The van der Waals surface area contributed by atoms with Gasteiger partial charge in [0.1, 0.15) is 10.6 Å². The standard InChI is InChI=1S/C26H23ClF6N2O5S/c1-4-24(2,3)15-11-20(35-23(36)34-16-7-10-19(27)18(13-16)26(31,32)33)22(21(12-15)41(37,38)39)40-17-8-5-14(6-9-17)25(28,29)30/h5-13H,4H2,1-3H3,(H2,34,35,36)(H,37,38,39). The van der Waals surface area contributed by atoms with Gasteiger partial charge in [0.25, 0.3) is 10.1 Å². The number of amides is 2. The van der Waals surface area contributed by atoms with E-state index in [1.807, 2.05) is 0 Å². The largest absolute Gasteiger partial charge is 0.454 e. The van der Waals surface area contributed by atoms with E-state index in [0.29, 0.717) is 30.2 Å². The average molecular weight is 625 g/mol. The average Bonchev–Trinajstić information content (AvgIpc) is 2.84. The van der Waals surface area contributed by atoms with Crippen molar-refractivity contribution in [3.63, 3.8) is 0 Å². The third-order valence-electron chi connectivity index (χ3n) is 6.18. The second-order valence-electron chi connectivity index (χ2n) is 9.46. The maximum absolute atomic E-state index is 13.2. The van der Waals surface area contributed by atoms with E-state index < -0.39 is 60.7 Å². The van der Waals surface area contributed by atoms with Gasteiger partial charge in [0.2, 0.25) is 0 Å². The fourth-order valence-corrected chi connectivity index (χ4v) is 4.41. The molecule has 2 amide bonds. The normalized spacial score (nSPS) is 12.7. The van der Waals surface area contributed by atoms with E-state index in [4.69, 9.17) is 16.3 Å². The van der Waals surface area contributed by atoms with Crippen LogP contribution in [0.4, 0.5) is 42.5 Å². The van der Waals surface area contributed by atoms with Gasteiger partial charge in [-0.2, -0.15) is 34.8 Å². The van der Waals surface area contributed by atoms with Gasteiger partial charge < -0.3 is 15.4 Å². The number of halogens is 7. The van der Waals surface area contributed by atoms with E-state index >= 15 is 0 Å². The zero-order chi connectivity index (χ0) is 31.0. The molecular formula is C26H23ClF6N2O5S. The van der Waals surface area contributed by atoms with Crippen LogP contribution in [0.1, 0.15) is 43.9 Å². The van der Waals surface area contributed by atoms with Crippen molar-refractivity contribution in [2.45, 2.75) is 49.9 Å². The first-order chi connectivity index (χ1) is 18.7. The molecule has 0 spiro atoms. The van der Waals surface area contributed by atoms with Gasteiger partial charge >= 0.3 is 18.4 Å². The van der Waals surface area contributed by atoms with Gasteiger partial charge in [-0.05, 0) is 72.0 Å². The number of benzene rings is 3. The Bertz CT molecular complexity index is 1560. The lowest BCUT2D eigenvalue weighted by molar-refractivity contribution is -0.138. The molecular weight excluding hydrogens is 602 g/mol. The van der Waals surface area contributed by atoms with Crippen LogP contribution in [0.3, 0.4) is 0 Å². The van der Waals surface area contributed by atoms with E-state index in [1.165, 1.54) is 6.07 Å². The molecule has 0 radical (unpaired) electrons. The summed E-state index contributed by atoms with van der Waals surface area (Å²) in [5.74, 6) is -0.925. The van der Waals surface area contributed by atoms with Crippen molar-refractivity contribution in [3.8, 4) is 11.5 Å². The maximum atomic E-state index is 13.2. The lowest BCUT2D eigenvalue weighted by Crippen LogP contribution is -2.22. The molecule has 0 fully saturated rings. The molecule has 0 atom stereocenters. The Labute approximate surface area is 236 Å². The summed E-state index contributed by atoms with van der Waals surface area (Å²) in [4.78, 5) is 12.0. The highest BCUT2D eigenvalue weighted by atomic mass is 35.5. The van der Waals surface area contributed by atoms with Crippen molar-refractivity contribution < 1.29 is 48.8 Å². The van der Waals surface area contributed by atoms with Crippen molar-refractivity contribution >= 4 is 39.1 Å². The topological polar surface area (TPSA) is 105 Å². The van der Waals surface area contributed by atoms with Crippen LogP contribution < -0.4 is 15.4 Å². The van der Waals surface area contributed by atoms with Gasteiger partial charge in [0.15, 0.2) is 5.75 Å². The highest BCUT2D eigenvalue weighted by molar-refractivity contribution is 7.86. The number of carbonyl (C=O) groups is 1. The first-order valence-corrected chi connectivity index (χ1v) is 13.5. The number of alkyl halides is 6. The Morgan fingerprint density at radius 3 is 2.02 bits per heavy atom. The smallest absolute Gasteiger partial charge is 0.417 e. The number of anilines is 2. The second-order valence-corrected chi connectivity index (χ2v) is 11.3. The zero-order valence-electron chi connectivity index (χ0n) is 21.5. The summed E-state index contributed by atoms with van der Waals surface area (Å²) < 4.78 is 119. The van der Waals surface area contributed by atoms with E-state index in [1.54, 1.807) is 20.8 Å². The molecule has 0 unspecified atom stereocenters. The highest BCUT2D eigenvalue weighted by Crippen LogP contribution is 2.42. The minimum absolute atomic E-state index is 0.276. The molecule has 0 heterocycles. The molecule has 3 aromatic carbocycles. The zero-order valence-corrected chi connectivity index (χ0v) is 23.1. The van der Waals surface area contributed by atoms with E-state index in [-0.39, 0.29) is 17.1 Å². The molecule has 7 nitrogen and oxygen atoms in total. The number of nitrogens with one attached hydrogen (secondary N) is 2. The van der Waals surface area contributed by atoms with Crippen LogP contribution >= 0.6 is 11.6 Å². The van der Waals surface area contributed by atoms with Crippen molar-refractivity contribution in [1.82, 2.24) is 0 Å². The van der Waals surface area contributed by atoms with Gasteiger partial charge in [0, 0.05) is 5.69 Å². The number of hydrogen-bond acceptors (Lipinski definition) is 4. The second kappa shape index (κ2) is 11.4. The fourth-order valence-electron chi connectivity index (χ4n) is 3.52. The number of rotatable bonds is 7. The minimum Gasteiger partial charge on any atom is -0.454 e. The van der Waals surface area contributed by atoms with Crippen LogP contribution in [0.2, 0.25) is 5.02 Å². The molecule has 0 aliphatic rings. The Balaban J connectivity index is 2.10. The molecule has 15 heteroatoms. The number of urea groups is 1. The molecule has 41 heavy (non-hydrogen) atoms. The SMILES string of the molecule is CCC(C)(C)c1cc(NC(=O)Nc2ccc(Cl)c(C(F)(F)F)c2)c(Oc2ccc(C(F)(F)F)cc2)c(S(=O)(=O)O)c1. The van der Waals surface area contributed by atoms with Crippen LogP contribution in [0, 0.1) is 0 Å². The number of hydrogen-bond donors (Lipinski definition) is 3. The first kappa shape index (κ1) is 32.0. The third-order valence-corrected chi connectivity index (χ3v) is 7.37. The third kappa shape index (κ3) is 7.83. The van der Waals surface area contributed by atoms with Gasteiger partial charge in [0.05, 0.1) is 21.8 Å². The van der Waals surface area contributed by atoms with E-state index in [9.17, 15) is 44.1 Å². The Kier molecular flexibility index (Phi) is 8.92. The first-order valence-electron chi connectivity index (χ1n) is 11.7. The molecule has 0 saturated heterocycles. The van der Waals surface area contributed by atoms with Crippen LogP contribution in [-0.2, 0) is 27.9 Å². The highest BCUT2D eigenvalue weighted by Gasteiger charge is 2.34. The molecule has 0 bridgehead atoms. The van der Waals surface area contributed by atoms with Gasteiger partial charge in [-0.25, -0.2) is 4.79 Å². The predicted molar refractivity (Wildman–Crippen MR) is 140 cm³/mol. The lowest BCUT2D eigenvalue weighted by atomic mass is 9.82. The number of carbonyl (C=O) groups excluding carboxylic acids is 1. The predicted octanol–water partition coefficient (Wildman–Crippen LogP) is 8.75. The quantitative estimate of drug-likeness (QED) is 0.180. The fraction of sp³-hybridized carbons (Fsp3) is 0.269. The van der Waals surface area contributed by atoms with Crippen LogP contribution in [-0.4, -0.2) is 19.0 Å².